The van der Waals surface area contributed by atoms with E-state index in [-0.39, 0.29) is 18.4 Å². The second-order valence-corrected chi connectivity index (χ2v) is 7.36. The molecule has 4 rings (SSSR count). The molecule has 2 aromatic heterocycles. The summed E-state index contributed by atoms with van der Waals surface area (Å²) in [6.07, 6.45) is 3.42. The van der Waals surface area contributed by atoms with Crippen molar-refractivity contribution in [1.29, 1.82) is 0 Å². The average Bonchev–Trinajstić information content (AvgIpc) is 2.74. The molecule has 1 aliphatic heterocycles. The molecule has 6 nitrogen and oxygen atoms in total. The van der Waals surface area contributed by atoms with Crippen molar-refractivity contribution in [3.63, 3.8) is 0 Å². The van der Waals surface area contributed by atoms with Crippen molar-refractivity contribution in [2.45, 2.75) is 6.04 Å². The molecule has 1 atom stereocenters. The number of hydrogen-bond donors (Lipinski definition) is 2. The monoisotopic (exact) mass is 398 g/mol. The first-order valence-corrected chi connectivity index (χ1v) is 9.81. The van der Waals surface area contributed by atoms with Gasteiger partial charge in [-0.05, 0) is 30.3 Å². The molecule has 146 valence electrons. The number of phenolic OH excluding ortho intramolecular Hbond substituents is 1. The van der Waals surface area contributed by atoms with E-state index in [0.29, 0.717) is 22.6 Å². The Kier molecular flexibility index (Phi) is 5.73. The predicted octanol–water partition coefficient (Wildman–Crippen LogP) is 2.69. The van der Waals surface area contributed by atoms with Crippen LogP contribution in [-0.2, 0) is 0 Å². The molecule has 1 saturated heterocycles. The number of aliphatic hydroxyl groups is 1. The summed E-state index contributed by atoms with van der Waals surface area (Å²) in [6.45, 7) is 4.15. The number of aromatic nitrogens is 2. The van der Waals surface area contributed by atoms with Gasteiger partial charge in [0.1, 0.15) is 11.3 Å². The predicted molar refractivity (Wildman–Crippen MR) is 110 cm³/mol. The maximum absolute atomic E-state index is 11.1. The Balaban J connectivity index is 1.77. The number of nitrogens with zero attached hydrogens (tertiary/aromatic N) is 4. The fourth-order valence-electron chi connectivity index (χ4n) is 3.88. The van der Waals surface area contributed by atoms with Crippen molar-refractivity contribution in [2.75, 3.05) is 39.3 Å². The first-order valence-electron chi connectivity index (χ1n) is 9.43. The molecule has 0 aliphatic carbocycles. The lowest BCUT2D eigenvalue weighted by molar-refractivity contribution is 0.0927. The molecule has 28 heavy (non-hydrogen) atoms. The van der Waals surface area contributed by atoms with Crippen molar-refractivity contribution in [3.8, 4) is 5.75 Å². The fraction of sp³-hybridized carbons (Fsp3) is 0.333. The van der Waals surface area contributed by atoms with Crippen molar-refractivity contribution in [2.24, 2.45) is 0 Å². The number of piperazine rings is 1. The van der Waals surface area contributed by atoms with Gasteiger partial charge >= 0.3 is 0 Å². The summed E-state index contributed by atoms with van der Waals surface area (Å²) in [5.74, 6) is 0.147. The SMILES string of the molecule is OCCN1CCN([C@@H](c2ccccn2)c2cc(Cl)c3cccnc3c2O)CC1. The van der Waals surface area contributed by atoms with Crippen molar-refractivity contribution >= 4 is 22.5 Å². The standard InChI is InChI=1S/C21H23ClN4O2/c22-17-14-16(21(28)19-15(17)4-3-7-24-19)20(18-5-1-2-6-23-18)26-10-8-25(9-11-26)12-13-27/h1-7,14,20,27-28H,8-13H2/t20-/m1/s1. The molecule has 2 N–H and O–H groups in total. The van der Waals surface area contributed by atoms with E-state index >= 15 is 0 Å². The third-order valence-electron chi connectivity index (χ3n) is 5.30. The fourth-order valence-corrected chi connectivity index (χ4v) is 4.15. The zero-order valence-electron chi connectivity index (χ0n) is 15.5. The van der Waals surface area contributed by atoms with E-state index < -0.39 is 0 Å². The van der Waals surface area contributed by atoms with Crippen LogP contribution in [-0.4, -0.2) is 69.3 Å². The Morgan fingerprint density at radius 2 is 1.82 bits per heavy atom. The van der Waals surface area contributed by atoms with E-state index in [9.17, 15) is 10.2 Å². The second-order valence-electron chi connectivity index (χ2n) is 6.95. The number of aliphatic hydroxyl groups excluding tert-OH is 1. The number of fused-ring (bicyclic) bond motifs is 1. The van der Waals surface area contributed by atoms with Gasteiger partial charge in [-0.1, -0.05) is 17.7 Å². The highest BCUT2D eigenvalue weighted by molar-refractivity contribution is 6.35. The van der Waals surface area contributed by atoms with E-state index in [1.54, 1.807) is 12.4 Å². The van der Waals surface area contributed by atoms with Crippen LogP contribution in [0, 0.1) is 0 Å². The minimum Gasteiger partial charge on any atom is -0.505 e. The molecule has 1 aliphatic rings. The molecule has 3 aromatic rings. The number of rotatable bonds is 5. The number of hydrogen-bond acceptors (Lipinski definition) is 6. The van der Waals surface area contributed by atoms with Crippen LogP contribution in [0.2, 0.25) is 5.02 Å². The molecule has 7 heteroatoms. The third kappa shape index (κ3) is 3.69. The maximum atomic E-state index is 11.1. The molecular formula is C21H23ClN4O2. The number of pyridine rings is 2. The van der Waals surface area contributed by atoms with Gasteiger partial charge in [-0.2, -0.15) is 0 Å². The Morgan fingerprint density at radius 3 is 2.54 bits per heavy atom. The second kappa shape index (κ2) is 8.41. The van der Waals surface area contributed by atoms with Gasteiger partial charge in [-0.3, -0.25) is 19.8 Å². The van der Waals surface area contributed by atoms with Crippen LogP contribution in [0.5, 0.6) is 5.75 Å². The van der Waals surface area contributed by atoms with Crippen LogP contribution in [0.25, 0.3) is 10.9 Å². The lowest BCUT2D eigenvalue weighted by Crippen LogP contribution is -2.48. The Bertz CT molecular complexity index is 946. The molecule has 0 saturated carbocycles. The van der Waals surface area contributed by atoms with Crippen LogP contribution in [0.3, 0.4) is 0 Å². The Morgan fingerprint density at radius 1 is 1.04 bits per heavy atom. The molecule has 0 amide bonds. The van der Waals surface area contributed by atoms with Gasteiger partial charge in [-0.25, -0.2) is 0 Å². The van der Waals surface area contributed by atoms with Crippen LogP contribution < -0.4 is 0 Å². The third-order valence-corrected chi connectivity index (χ3v) is 5.61. The van der Waals surface area contributed by atoms with E-state index in [1.165, 1.54) is 0 Å². The summed E-state index contributed by atoms with van der Waals surface area (Å²) in [6, 6.07) is 11.1. The minimum absolute atomic E-state index is 0.147. The van der Waals surface area contributed by atoms with Crippen LogP contribution in [0.15, 0.2) is 48.8 Å². The highest BCUT2D eigenvalue weighted by Gasteiger charge is 2.30. The van der Waals surface area contributed by atoms with E-state index in [4.69, 9.17) is 11.6 Å². The number of aromatic hydroxyl groups is 1. The van der Waals surface area contributed by atoms with Crippen molar-refractivity contribution < 1.29 is 10.2 Å². The van der Waals surface area contributed by atoms with Gasteiger partial charge in [0.15, 0.2) is 0 Å². The highest BCUT2D eigenvalue weighted by atomic mass is 35.5. The molecule has 1 fully saturated rings. The average molecular weight is 399 g/mol. The Labute approximate surface area is 169 Å². The smallest absolute Gasteiger partial charge is 0.147 e. The number of halogens is 1. The van der Waals surface area contributed by atoms with Gasteiger partial charge in [0.25, 0.3) is 0 Å². The minimum atomic E-state index is -0.221. The zero-order valence-corrected chi connectivity index (χ0v) is 16.3. The van der Waals surface area contributed by atoms with Crippen LogP contribution in [0.1, 0.15) is 17.3 Å². The first-order chi connectivity index (χ1) is 13.7. The molecule has 1 aromatic carbocycles. The summed E-state index contributed by atoms with van der Waals surface area (Å²) in [5, 5.41) is 21.6. The normalized spacial score (nSPS) is 17.1. The number of β-amino-alcohol motifs (C(OH)–C–C–N with tert-alkyl or cyclic N) is 1. The summed E-state index contributed by atoms with van der Waals surface area (Å²) >= 11 is 6.54. The summed E-state index contributed by atoms with van der Waals surface area (Å²) in [7, 11) is 0. The summed E-state index contributed by atoms with van der Waals surface area (Å²) in [5.41, 5.74) is 2.08. The van der Waals surface area contributed by atoms with Crippen LogP contribution >= 0.6 is 11.6 Å². The quantitative estimate of drug-likeness (QED) is 0.688. The molecule has 0 unspecified atom stereocenters. The maximum Gasteiger partial charge on any atom is 0.147 e. The van der Waals surface area contributed by atoms with Gasteiger partial charge in [0, 0.05) is 56.1 Å². The van der Waals surface area contributed by atoms with Crippen LogP contribution in [0.4, 0.5) is 0 Å². The zero-order chi connectivity index (χ0) is 19.5. The molecular weight excluding hydrogens is 376 g/mol. The van der Waals surface area contributed by atoms with E-state index in [2.05, 4.69) is 19.8 Å². The summed E-state index contributed by atoms with van der Waals surface area (Å²) < 4.78 is 0. The van der Waals surface area contributed by atoms with E-state index in [0.717, 1.165) is 37.3 Å². The van der Waals surface area contributed by atoms with E-state index in [1.807, 2.05) is 36.4 Å². The lowest BCUT2D eigenvalue weighted by Gasteiger charge is -2.39. The molecule has 0 bridgehead atoms. The molecule has 0 radical (unpaired) electrons. The van der Waals surface area contributed by atoms with Gasteiger partial charge < -0.3 is 10.2 Å². The number of benzene rings is 1. The van der Waals surface area contributed by atoms with Gasteiger partial charge in [0.05, 0.1) is 23.4 Å². The van der Waals surface area contributed by atoms with Crippen molar-refractivity contribution in [3.05, 3.63) is 65.1 Å². The lowest BCUT2D eigenvalue weighted by atomic mass is 9.97. The highest BCUT2D eigenvalue weighted by Crippen LogP contribution is 2.40. The number of phenols is 1. The van der Waals surface area contributed by atoms with Gasteiger partial charge in [-0.15, -0.1) is 0 Å². The largest absolute Gasteiger partial charge is 0.505 e. The topological polar surface area (TPSA) is 72.7 Å². The van der Waals surface area contributed by atoms with Gasteiger partial charge in [0.2, 0.25) is 0 Å². The van der Waals surface area contributed by atoms with Crippen molar-refractivity contribution in [1.82, 2.24) is 19.8 Å². The summed E-state index contributed by atoms with van der Waals surface area (Å²) in [4.78, 5) is 13.5. The molecule has 0 spiro atoms. The Hall–Kier alpha value is -2.25. The molecule has 3 heterocycles. The first kappa shape index (κ1) is 19.1.